The fraction of sp³-hybridized carbons (Fsp3) is 0.615. The normalized spacial score (nSPS) is 12.4. The zero-order valence-electron chi connectivity index (χ0n) is 10.5. The van der Waals surface area contributed by atoms with Crippen LogP contribution < -0.4 is 10.1 Å². The summed E-state index contributed by atoms with van der Waals surface area (Å²) in [5.74, 6) is 1.41. The summed E-state index contributed by atoms with van der Waals surface area (Å²) in [7, 11) is 1.64. The molecule has 0 aliphatic carbocycles. The van der Waals surface area contributed by atoms with E-state index in [1.807, 2.05) is 18.2 Å². The Balaban J connectivity index is 2.31. The van der Waals surface area contributed by atoms with Gasteiger partial charge in [-0.15, -0.1) is 0 Å². The number of nitrogens with one attached hydrogen (secondary N) is 1. The van der Waals surface area contributed by atoms with Crippen LogP contribution in [0.25, 0.3) is 0 Å². The topological polar surface area (TPSA) is 34.1 Å². The molecule has 0 aromatic carbocycles. The van der Waals surface area contributed by atoms with E-state index in [9.17, 15) is 0 Å². The monoisotopic (exact) mass is 222 g/mol. The Hall–Kier alpha value is -1.09. The van der Waals surface area contributed by atoms with E-state index in [4.69, 9.17) is 4.74 Å². The van der Waals surface area contributed by atoms with E-state index in [-0.39, 0.29) is 0 Å². The molecule has 1 N–H and O–H groups in total. The number of aromatic nitrogens is 1. The molecule has 0 fully saturated rings. The van der Waals surface area contributed by atoms with E-state index in [0.29, 0.717) is 5.88 Å². The molecule has 1 heterocycles. The van der Waals surface area contributed by atoms with E-state index in [1.54, 1.807) is 7.11 Å². The van der Waals surface area contributed by atoms with Crippen LogP contribution in [-0.2, 0) is 6.54 Å². The minimum atomic E-state index is 0.681. The number of pyridine rings is 1. The summed E-state index contributed by atoms with van der Waals surface area (Å²) >= 11 is 0. The first-order valence-corrected chi connectivity index (χ1v) is 5.97. The predicted molar refractivity (Wildman–Crippen MR) is 66.6 cm³/mol. The first-order valence-electron chi connectivity index (χ1n) is 5.97. The minimum Gasteiger partial charge on any atom is -0.481 e. The third-order valence-electron chi connectivity index (χ3n) is 2.57. The maximum Gasteiger partial charge on any atom is 0.213 e. The van der Waals surface area contributed by atoms with Crippen LogP contribution >= 0.6 is 0 Å². The molecule has 0 spiro atoms. The number of hydrogen-bond donors (Lipinski definition) is 1. The van der Waals surface area contributed by atoms with Crippen molar-refractivity contribution >= 4 is 0 Å². The molecule has 0 aliphatic heterocycles. The standard InChI is InChI=1S/C13H22N2O/c1-4-6-11(2)9-14-10-12-7-5-8-13(15-12)16-3/h5,7-8,11,14H,4,6,9-10H2,1-3H3. The summed E-state index contributed by atoms with van der Waals surface area (Å²) in [6, 6.07) is 5.85. The fourth-order valence-electron chi connectivity index (χ4n) is 1.71. The van der Waals surface area contributed by atoms with Crippen LogP contribution in [0.1, 0.15) is 32.4 Å². The Morgan fingerprint density at radius 3 is 2.94 bits per heavy atom. The molecule has 1 aromatic rings. The van der Waals surface area contributed by atoms with Crippen molar-refractivity contribution in [3.63, 3.8) is 0 Å². The molecule has 0 aliphatic rings. The van der Waals surface area contributed by atoms with Crippen molar-refractivity contribution < 1.29 is 4.74 Å². The van der Waals surface area contributed by atoms with Crippen molar-refractivity contribution in [1.29, 1.82) is 0 Å². The molecule has 1 aromatic heterocycles. The Labute approximate surface area is 98.2 Å². The second-order valence-electron chi connectivity index (χ2n) is 4.20. The highest BCUT2D eigenvalue weighted by Crippen LogP contribution is 2.07. The van der Waals surface area contributed by atoms with Gasteiger partial charge in [-0.2, -0.15) is 0 Å². The largest absolute Gasteiger partial charge is 0.481 e. The quantitative estimate of drug-likeness (QED) is 0.770. The van der Waals surface area contributed by atoms with Gasteiger partial charge in [0, 0.05) is 12.6 Å². The molecule has 0 saturated heterocycles. The maximum absolute atomic E-state index is 5.08. The van der Waals surface area contributed by atoms with E-state index in [0.717, 1.165) is 24.7 Å². The van der Waals surface area contributed by atoms with Gasteiger partial charge in [0.15, 0.2) is 0 Å². The van der Waals surface area contributed by atoms with Crippen molar-refractivity contribution in [2.24, 2.45) is 5.92 Å². The maximum atomic E-state index is 5.08. The number of ether oxygens (including phenoxy) is 1. The van der Waals surface area contributed by atoms with Crippen LogP contribution in [0.5, 0.6) is 5.88 Å². The lowest BCUT2D eigenvalue weighted by Crippen LogP contribution is -2.21. The minimum absolute atomic E-state index is 0.681. The van der Waals surface area contributed by atoms with Crippen molar-refractivity contribution in [2.45, 2.75) is 33.2 Å². The molecule has 0 bridgehead atoms. The summed E-state index contributed by atoms with van der Waals surface area (Å²) in [5.41, 5.74) is 1.03. The Kier molecular flexibility index (Phi) is 5.86. The molecule has 0 amide bonds. The zero-order valence-corrected chi connectivity index (χ0v) is 10.5. The first kappa shape index (κ1) is 13.0. The summed E-state index contributed by atoms with van der Waals surface area (Å²) in [6.45, 7) is 6.35. The van der Waals surface area contributed by atoms with Gasteiger partial charge in [0.1, 0.15) is 0 Å². The van der Waals surface area contributed by atoms with Gasteiger partial charge in [-0.3, -0.25) is 0 Å². The van der Waals surface area contributed by atoms with Gasteiger partial charge >= 0.3 is 0 Å². The number of methoxy groups -OCH3 is 1. The number of rotatable bonds is 7. The van der Waals surface area contributed by atoms with E-state index < -0.39 is 0 Å². The van der Waals surface area contributed by atoms with E-state index >= 15 is 0 Å². The highest BCUT2D eigenvalue weighted by molar-refractivity contribution is 5.15. The molecule has 0 radical (unpaired) electrons. The van der Waals surface area contributed by atoms with Crippen molar-refractivity contribution in [2.75, 3.05) is 13.7 Å². The molecule has 0 saturated carbocycles. The molecule has 90 valence electrons. The zero-order chi connectivity index (χ0) is 11.8. The lowest BCUT2D eigenvalue weighted by atomic mass is 10.1. The van der Waals surface area contributed by atoms with Gasteiger partial charge in [0.25, 0.3) is 0 Å². The molecule has 3 nitrogen and oxygen atoms in total. The highest BCUT2D eigenvalue weighted by Gasteiger charge is 2.01. The van der Waals surface area contributed by atoms with Crippen LogP contribution in [0.4, 0.5) is 0 Å². The highest BCUT2D eigenvalue weighted by atomic mass is 16.5. The Morgan fingerprint density at radius 2 is 2.25 bits per heavy atom. The van der Waals surface area contributed by atoms with Gasteiger partial charge < -0.3 is 10.1 Å². The van der Waals surface area contributed by atoms with Crippen molar-refractivity contribution in [3.05, 3.63) is 23.9 Å². The molecule has 3 heteroatoms. The average Bonchev–Trinajstić information content (AvgIpc) is 2.30. The summed E-state index contributed by atoms with van der Waals surface area (Å²) < 4.78 is 5.08. The second kappa shape index (κ2) is 7.23. The lowest BCUT2D eigenvalue weighted by molar-refractivity contribution is 0.395. The lowest BCUT2D eigenvalue weighted by Gasteiger charge is -2.11. The van der Waals surface area contributed by atoms with Crippen LogP contribution in [0.3, 0.4) is 0 Å². The Bertz CT molecular complexity index is 302. The van der Waals surface area contributed by atoms with E-state index in [2.05, 4.69) is 24.1 Å². The van der Waals surface area contributed by atoms with Gasteiger partial charge in [0.05, 0.1) is 12.8 Å². The van der Waals surface area contributed by atoms with Gasteiger partial charge in [-0.1, -0.05) is 26.3 Å². The molecule has 1 unspecified atom stereocenters. The van der Waals surface area contributed by atoms with Crippen LogP contribution in [0.15, 0.2) is 18.2 Å². The van der Waals surface area contributed by atoms with Crippen LogP contribution in [-0.4, -0.2) is 18.6 Å². The number of nitrogens with zero attached hydrogens (tertiary/aromatic N) is 1. The van der Waals surface area contributed by atoms with Crippen molar-refractivity contribution in [3.8, 4) is 5.88 Å². The third-order valence-corrected chi connectivity index (χ3v) is 2.57. The fourth-order valence-corrected chi connectivity index (χ4v) is 1.71. The van der Waals surface area contributed by atoms with Crippen LogP contribution in [0, 0.1) is 5.92 Å². The van der Waals surface area contributed by atoms with Gasteiger partial charge in [0.2, 0.25) is 5.88 Å². The number of hydrogen-bond acceptors (Lipinski definition) is 3. The predicted octanol–water partition coefficient (Wildman–Crippen LogP) is 2.62. The first-order chi connectivity index (χ1) is 7.76. The summed E-state index contributed by atoms with van der Waals surface area (Å²) in [6.07, 6.45) is 2.53. The molecular weight excluding hydrogens is 200 g/mol. The van der Waals surface area contributed by atoms with Crippen molar-refractivity contribution in [1.82, 2.24) is 10.3 Å². The summed E-state index contributed by atoms with van der Waals surface area (Å²) in [5, 5.41) is 3.42. The molecule has 1 rings (SSSR count). The molecule has 1 atom stereocenters. The molecule has 16 heavy (non-hydrogen) atoms. The Morgan fingerprint density at radius 1 is 1.44 bits per heavy atom. The van der Waals surface area contributed by atoms with Crippen LogP contribution in [0.2, 0.25) is 0 Å². The third kappa shape index (κ3) is 4.62. The SMILES string of the molecule is CCCC(C)CNCc1cccc(OC)n1. The average molecular weight is 222 g/mol. The summed E-state index contributed by atoms with van der Waals surface area (Å²) in [4.78, 5) is 4.35. The van der Waals surface area contributed by atoms with Gasteiger partial charge in [-0.25, -0.2) is 4.98 Å². The second-order valence-corrected chi connectivity index (χ2v) is 4.20. The smallest absolute Gasteiger partial charge is 0.213 e. The van der Waals surface area contributed by atoms with E-state index in [1.165, 1.54) is 12.8 Å². The molecular formula is C13H22N2O. The van der Waals surface area contributed by atoms with Gasteiger partial charge in [-0.05, 0) is 24.9 Å².